The van der Waals surface area contributed by atoms with Gasteiger partial charge in [0.2, 0.25) is 10.0 Å². The molecule has 0 aromatic heterocycles. The van der Waals surface area contributed by atoms with Gasteiger partial charge in [0.1, 0.15) is 12.4 Å². The first kappa shape index (κ1) is 16.7. The SMILES string of the molecule is NC1CCCC2CN(CCOc3ccc(S(N)(=O)=O)cc3)CC12. The first-order chi connectivity index (χ1) is 10.9. The second-order valence-electron chi connectivity index (χ2n) is 6.64. The molecule has 0 radical (unpaired) electrons. The van der Waals surface area contributed by atoms with Crippen LogP contribution in [0, 0.1) is 11.8 Å². The molecule has 0 bridgehead atoms. The maximum absolute atomic E-state index is 11.2. The van der Waals surface area contributed by atoms with Gasteiger partial charge in [0.25, 0.3) is 0 Å². The van der Waals surface area contributed by atoms with E-state index in [2.05, 4.69) is 4.90 Å². The smallest absolute Gasteiger partial charge is 0.238 e. The first-order valence-electron chi connectivity index (χ1n) is 8.17. The molecule has 1 heterocycles. The summed E-state index contributed by atoms with van der Waals surface area (Å²) in [5.41, 5.74) is 6.23. The van der Waals surface area contributed by atoms with Gasteiger partial charge in [-0.3, -0.25) is 4.90 Å². The van der Waals surface area contributed by atoms with Crippen molar-refractivity contribution in [1.29, 1.82) is 0 Å². The van der Waals surface area contributed by atoms with Crippen LogP contribution in [-0.2, 0) is 10.0 Å². The van der Waals surface area contributed by atoms with Gasteiger partial charge in [-0.1, -0.05) is 6.42 Å². The van der Waals surface area contributed by atoms with Crippen LogP contribution in [0.4, 0.5) is 0 Å². The van der Waals surface area contributed by atoms with Crippen LogP contribution in [-0.4, -0.2) is 45.6 Å². The minimum atomic E-state index is -3.65. The minimum absolute atomic E-state index is 0.0995. The molecule has 1 aliphatic heterocycles. The van der Waals surface area contributed by atoms with Crippen molar-refractivity contribution in [2.24, 2.45) is 22.7 Å². The van der Waals surface area contributed by atoms with E-state index in [4.69, 9.17) is 15.6 Å². The van der Waals surface area contributed by atoms with Gasteiger partial charge in [-0.2, -0.15) is 0 Å². The molecule has 128 valence electrons. The van der Waals surface area contributed by atoms with E-state index in [0.717, 1.165) is 32.0 Å². The summed E-state index contributed by atoms with van der Waals surface area (Å²) in [6, 6.07) is 6.56. The number of fused-ring (bicyclic) bond motifs is 1. The van der Waals surface area contributed by atoms with Gasteiger partial charge in [-0.05, 0) is 48.9 Å². The minimum Gasteiger partial charge on any atom is -0.492 e. The largest absolute Gasteiger partial charge is 0.492 e. The number of hydrogen-bond donors (Lipinski definition) is 2. The molecule has 2 aliphatic rings. The van der Waals surface area contributed by atoms with Gasteiger partial charge < -0.3 is 10.5 Å². The summed E-state index contributed by atoms with van der Waals surface area (Å²) in [7, 11) is -3.65. The zero-order valence-electron chi connectivity index (χ0n) is 13.2. The van der Waals surface area contributed by atoms with E-state index in [-0.39, 0.29) is 4.90 Å². The van der Waals surface area contributed by atoms with E-state index in [1.807, 2.05) is 0 Å². The number of likely N-dealkylation sites (tertiary alicyclic amines) is 1. The van der Waals surface area contributed by atoms with Crippen LogP contribution in [0.5, 0.6) is 5.75 Å². The number of nitrogens with zero attached hydrogens (tertiary/aromatic N) is 1. The molecular formula is C16H25N3O3S. The fourth-order valence-electron chi connectivity index (χ4n) is 3.81. The Kier molecular flexibility index (Phi) is 4.91. The predicted octanol–water partition coefficient (Wildman–Crippen LogP) is 0.772. The maximum atomic E-state index is 11.2. The Balaban J connectivity index is 1.47. The van der Waals surface area contributed by atoms with Gasteiger partial charge in [-0.25, -0.2) is 13.6 Å². The highest BCUT2D eigenvalue weighted by Gasteiger charge is 2.38. The van der Waals surface area contributed by atoms with Crippen LogP contribution in [0.2, 0.25) is 0 Å². The summed E-state index contributed by atoms with van der Waals surface area (Å²) in [4.78, 5) is 2.53. The van der Waals surface area contributed by atoms with E-state index in [9.17, 15) is 8.42 Å². The lowest BCUT2D eigenvalue weighted by atomic mass is 9.78. The van der Waals surface area contributed by atoms with Crippen LogP contribution in [0.1, 0.15) is 19.3 Å². The lowest BCUT2D eigenvalue weighted by Gasteiger charge is -2.29. The van der Waals surface area contributed by atoms with Crippen LogP contribution in [0.15, 0.2) is 29.2 Å². The second-order valence-corrected chi connectivity index (χ2v) is 8.20. The monoisotopic (exact) mass is 339 g/mol. The molecule has 1 saturated carbocycles. The van der Waals surface area contributed by atoms with Gasteiger partial charge in [-0.15, -0.1) is 0 Å². The molecule has 7 heteroatoms. The van der Waals surface area contributed by atoms with E-state index in [0.29, 0.717) is 24.3 Å². The third-order valence-corrected chi connectivity index (χ3v) is 5.99. The van der Waals surface area contributed by atoms with Gasteiger partial charge in [0, 0.05) is 25.7 Å². The number of sulfonamides is 1. The highest BCUT2D eigenvalue weighted by Crippen LogP contribution is 2.35. The average Bonchev–Trinajstić information content (AvgIpc) is 2.91. The molecule has 1 saturated heterocycles. The summed E-state index contributed by atoms with van der Waals surface area (Å²) >= 11 is 0. The van der Waals surface area contributed by atoms with Crippen molar-refractivity contribution in [3.05, 3.63) is 24.3 Å². The Morgan fingerprint density at radius 1 is 1.17 bits per heavy atom. The Morgan fingerprint density at radius 2 is 1.91 bits per heavy atom. The van der Waals surface area contributed by atoms with Crippen molar-refractivity contribution in [3.8, 4) is 5.75 Å². The molecule has 0 amide bonds. The fourth-order valence-corrected chi connectivity index (χ4v) is 4.33. The zero-order chi connectivity index (χ0) is 16.4. The molecule has 2 fully saturated rings. The van der Waals surface area contributed by atoms with Crippen LogP contribution in [0.25, 0.3) is 0 Å². The molecule has 4 N–H and O–H groups in total. The summed E-state index contributed by atoms with van der Waals surface area (Å²) in [5, 5.41) is 5.07. The quantitative estimate of drug-likeness (QED) is 0.826. The van der Waals surface area contributed by atoms with Crippen molar-refractivity contribution in [1.82, 2.24) is 4.90 Å². The maximum Gasteiger partial charge on any atom is 0.238 e. The van der Waals surface area contributed by atoms with Gasteiger partial charge >= 0.3 is 0 Å². The molecule has 6 nitrogen and oxygen atoms in total. The third kappa shape index (κ3) is 4.03. The molecule has 0 spiro atoms. The van der Waals surface area contributed by atoms with Gasteiger partial charge in [0.05, 0.1) is 4.90 Å². The summed E-state index contributed by atoms with van der Waals surface area (Å²) in [6.07, 6.45) is 3.70. The number of benzene rings is 1. The molecule has 1 aromatic carbocycles. The van der Waals surface area contributed by atoms with Crippen LogP contribution < -0.4 is 15.6 Å². The molecular weight excluding hydrogens is 314 g/mol. The Hall–Kier alpha value is -1.15. The molecule has 3 rings (SSSR count). The summed E-state index contributed by atoms with van der Waals surface area (Å²) < 4.78 is 28.1. The number of primary sulfonamides is 1. The lowest BCUT2D eigenvalue weighted by molar-refractivity contribution is 0.229. The number of ether oxygens (including phenoxy) is 1. The average molecular weight is 339 g/mol. The standard InChI is InChI=1S/C16H25N3O3S/c17-16-3-1-2-12-10-19(11-15(12)16)8-9-22-13-4-6-14(7-5-13)23(18,20)21/h4-7,12,15-16H,1-3,8-11,17H2,(H2,18,20,21). The molecule has 23 heavy (non-hydrogen) atoms. The molecule has 3 unspecified atom stereocenters. The highest BCUT2D eigenvalue weighted by atomic mass is 32.2. The lowest BCUT2D eigenvalue weighted by Crippen LogP contribution is -2.38. The predicted molar refractivity (Wildman–Crippen MR) is 88.6 cm³/mol. The number of hydrogen-bond acceptors (Lipinski definition) is 5. The first-order valence-corrected chi connectivity index (χ1v) is 9.72. The van der Waals surface area contributed by atoms with E-state index in [1.165, 1.54) is 25.0 Å². The van der Waals surface area contributed by atoms with Crippen molar-refractivity contribution >= 4 is 10.0 Å². The topological polar surface area (TPSA) is 98.6 Å². The number of nitrogens with two attached hydrogens (primary N) is 2. The number of rotatable bonds is 5. The zero-order valence-corrected chi connectivity index (χ0v) is 14.0. The Morgan fingerprint density at radius 3 is 2.57 bits per heavy atom. The van der Waals surface area contributed by atoms with E-state index < -0.39 is 10.0 Å². The summed E-state index contributed by atoms with van der Waals surface area (Å²) in [6.45, 7) is 3.64. The fraction of sp³-hybridized carbons (Fsp3) is 0.625. The Bertz CT molecular complexity index is 632. The Labute approximate surface area is 137 Å². The second kappa shape index (κ2) is 6.76. The van der Waals surface area contributed by atoms with Crippen molar-refractivity contribution < 1.29 is 13.2 Å². The van der Waals surface area contributed by atoms with Gasteiger partial charge in [0.15, 0.2) is 0 Å². The highest BCUT2D eigenvalue weighted by molar-refractivity contribution is 7.89. The van der Waals surface area contributed by atoms with Crippen molar-refractivity contribution in [3.63, 3.8) is 0 Å². The normalized spacial score (nSPS) is 28.5. The molecule has 3 atom stereocenters. The van der Waals surface area contributed by atoms with Crippen molar-refractivity contribution in [2.45, 2.75) is 30.2 Å². The third-order valence-electron chi connectivity index (χ3n) is 5.06. The van der Waals surface area contributed by atoms with Crippen LogP contribution in [0.3, 0.4) is 0 Å². The molecule has 1 aliphatic carbocycles. The summed E-state index contributed by atoms with van der Waals surface area (Å²) in [5.74, 6) is 2.04. The molecule has 1 aromatic rings. The van der Waals surface area contributed by atoms with E-state index in [1.54, 1.807) is 12.1 Å². The van der Waals surface area contributed by atoms with E-state index >= 15 is 0 Å². The van der Waals surface area contributed by atoms with Crippen LogP contribution >= 0.6 is 0 Å². The van der Waals surface area contributed by atoms with Crippen molar-refractivity contribution in [2.75, 3.05) is 26.2 Å².